The van der Waals surface area contributed by atoms with Gasteiger partial charge in [-0.25, -0.2) is 0 Å². The summed E-state index contributed by atoms with van der Waals surface area (Å²) >= 11 is 0. The van der Waals surface area contributed by atoms with Crippen LogP contribution in [0.3, 0.4) is 0 Å². The number of hydrogen-bond acceptors (Lipinski definition) is 3. The second-order valence-electron chi connectivity index (χ2n) is 7.30. The Kier molecular flexibility index (Phi) is 6.36. The molecular weight excluding hydrogens is 308 g/mol. The minimum Gasteiger partial charge on any atom is -0.378 e. The number of aryl methyl sites for hydroxylation is 1. The zero-order valence-electron chi connectivity index (χ0n) is 15.9. The monoisotopic (exact) mass is 336 g/mol. The predicted molar refractivity (Wildman–Crippen MR) is 103 cm³/mol. The van der Waals surface area contributed by atoms with Gasteiger partial charge in [-0.15, -0.1) is 0 Å². The van der Waals surface area contributed by atoms with Gasteiger partial charge >= 0.3 is 0 Å². The largest absolute Gasteiger partial charge is 0.378 e. The fourth-order valence-corrected chi connectivity index (χ4v) is 2.53. The molecule has 0 amide bonds. The van der Waals surface area contributed by atoms with E-state index in [1.54, 1.807) is 13.8 Å². The number of aliphatic hydroxyl groups is 1. The highest BCUT2D eigenvalue weighted by Gasteiger charge is 2.11. The minimum atomic E-state index is -0.960. The van der Waals surface area contributed by atoms with Crippen LogP contribution in [-0.4, -0.2) is 33.7 Å². The summed E-state index contributed by atoms with van der Waals surface area (Å²) in [7, 11) is 2.14. The van der Waals surface area contributed by atoms with Crippen LogP contribution in [0.5, 0.6) is 0 Å². The summed E-state index contributed by atoms with van der Waals surface area (Å²) in [6, 6.07) is 12.8. The fourth-order valence-electron chi connectivity index (χ4n) is 2.53. The molecule has 0 aliphatic carbocycles. The molecule has 2 aromatic rings. The summed E-state index contributed by atoms with van der Waals surface area (Å²) < 4.78 is 0. The molecule has 0 aliphatic rings. The van der Waals surface area contributed by atoms with Crippen LogP contribution < -0.4 is 0 Å². The van der Waals surface area contributed by atoms with Crippen LogP contribution in [0.25, 0.3) is 0 Å². The third-order valence-electron chi connectivity index (χ3n) is 4.13. The number of aromatic nitrogens is 1. The number of benzene rings is 1. The van der Waals surface area contributed by atoms with E-state index in [0.717, 1.165) is 24.2 Å². The molecule has 1 heterocycles. The molecule has 2 rings (SSSR count). The number of pyridine rings is 1. The molecule has 0 saturated heterocycles. The lowest BCUT2D eigenvalue weighted by molar-refractivity contribution is 0.143. The second-order valence-corrected chi connectivity index (χ2v) is 7.30. The lowest BCUT2D eigenvalue weighted by Crippen LogP contribution is -2.30. The van der Waals surface area contributed by atoms with Crippen LogP contribution >= 0.6 is 0 Å². The van der Waals surface area contributed by atoms with Gasteiger partial charge in [0.25, 0.3) is 0 Å². The van der Waals surface area contributed by atoms with Crippen molar-refractivity contribution in [1.82, 2.24) is 9.88 Å². The maximum Gasteiger partial charge on any atom is 0.120 e. The van der Waals surface area contributed by atoms with Crippen molar-refractivity contribution in [2.24, 2.45) is 0 Å². The normalized spacial score (nSPS) is 12.6. The van der Waals surface area contributed by atoms with Crippen molar-refractivity contribution in [3.63, 3.8) is 0 Å². The molecule has 0 spiro atoms. The van der Waals surface area contributed by atoms with Gasteiger partial charge in [0.15, 0.2) is 0 Å². The van der Waals surface area contributed by atoms with E-state index in [9.17, 15) is 5.11 Å². The van der Waals surface area contributed by atoms with E-state index in [-0.39, 0.29) is 0 Å². The first-order valence-corrected chi connectivity index (χ1v) is 8.69. The van der Waals surface area contributed by atoms with Gasteiger partial charge in [0.2, 0.25) is 0 Å². The summed E-state index contributed by atoms with van der Waals surface area (Å²) in [5.41, 5.74) is 3.60. The van der Waals surface area contributed by atoms with Crippen LogP contribution in [0, 0.1) is 18.8 Å². The van der Waals surface area contributed by atoms with Crippen molar-refractivity contribution in [2.75, 3.05) is 7.05 Å². The molecule has 0 bridgehead atoms. The van der Waals surface area contributed by atoms with Gasteiger partial charge in [0.1, 0.15) is 5.60 Å². The van der Waals surface area contributed by atoms with Gasteiger partial charge in [-0.05, 0) is 70.1 Å². The summed E-state index contributed by atoms with van der Waals surface area (Å²) in [5.74, 6) is 5.84. The van der Waals surface area contributed by atoms with Crippen LogP contribution in [0.4, 0.5) is 0 Å². The van der Waals surface area contributed by atoms with Gasteiger partial charge in [0, 0.05) is 36.5 Å². The van der Waals surface area contributed by atoms with E-state index >= 15 is 0 Å². The van der Waals surface area contributed by atoms with E-state index in [2.05, 4.69) is 60.8 Å². The maximum atomic E-state index is 9.67. The quantitative estimate of drug-likeness (QED) is 0.848. The Labute approximate surface area is 151 Å². The molecule has 0 radical (unpaired) electrons. The average Bonchev–Trinajstić information content (AvgIpc) is 2.53. The SMILES string of the molecule is Cc1ccnc(CC(C)N(C)Cc2ccc(C#CC(C)(C)O)cc2)c1. The molecule has 0 saturated carbocycles. The maximum absolute atomic E-state index is 9.67. The first kappa shape index (κ1) is 19.2. The standard InChI is InChI=1S/C22H28N2O/c1-17-11-13-23-21(14-17)15-18(2)24(5)16-20-8-6-19(7-9-20)10-12-22(3,4)25/h6-9,11,13-14,18,25H,15-16H2,1-5H3. The lowest BCUT2D eigenvalue weighted by Gasteiger charge is -2.24. The summed E-state index contributed by atoms with van der Waals surface area (Å²) in [5, 5.41) is 9.67. The lowest BCUT2D eigenvalue weighted by atomic mass is 10.1. The Morgan fingerprint density at radius 2 is 1.88 bits per heavy atom. The van der Waals surface area contributed by atoms with E-state index in [1.165, 1.54) is 11.1 Å². The first-order valence-electron chi connectivity index (χ1n) is 8.69. The third kappa shape index (κ3) is 6.70. The van der Waals surface area contributed by atoms with Gasteiger partial charge < -0.3 is 5.11 Å². The first-order chi connectivity index (χ1) is 11.7. The molecule has 3 heteroatoms. The molecule has 25 heavy (non-hydrogen) atoms. The van der Waals surface area contributed by atoms with Gasteiger partial charge in [-0.1, -0.05) is 24.0 Å². The predicted octanol–water partition coefficient (Wildman–Crippen LogP) is 3.58. The highest BCUT2D eigenvalue weighted by molar-refractivity contribution is 5.37. The van der Waals surface area contributed by atoms with Crippen molar-refractivity contribution in [3.05, 3.63) is 65.0 Å². The highest BCUT2D eigenvalue weighted by atomic mass is 16.3. The number of nitrogens with zero attached hydrogens (tertiary/aromatic N) is 2. The smallest absolute Gasteiger partial charge is 0.120 e. The Morgan fingerprint density at radius 1 is 1.20 bits per heavy atom. The fraction of sp³-hybridized carbons (Fsp3) is 0.409. The van der Waals surface area contributed by atoms with Crippen molar-refractivity contribution in [2.45, 2.75) is 52.3 Å². The minimum absolute atomic E-state index is 0.406. The molecule has 3 nitrogen and oxygen atoms in total. The summed E-state index contributed by atoms with van der Waals surface area (Å²) in [4.78, 5) is 6.79. The molecule has 0 aliphatic heterocycles. The molecule has 1 unspecified atom stereocenters. The van der Waals surface area contributed by atoms with Gasteiger partial charge in [-0.3, -0.25) is 9.88 Å². The van der Waals surface area contributed by atoms with E-state index in [4.69, 9.17) is 0 Å². The zero-order valence-corrected chi connectivity index (χ0v) is 15.9. The topological polar surface area (TPSA) is 36.4 Å². The van der Waals surface area contributed by atoms with Crippen molar-refractivity contribution < 1.29 is 5.11 Å². The zero-order chi connectivity index (χ0) is 18.4. The van der Waals surface area contributed by atoms with Gasteiger partial charge in [0.05, 0.1) is 0 Å². The molecule has 1 atom stereocenters. The van der Waals surface area contributed by atoms with Crippen LogP contribution in [0.2, 0.25) is 0 Å². The second kappa shape index (κ2) is 8.29. The van der Waals surface area contributed by atoms with E-state index in [0.29, 0.717) is 6.04 Å². The Hall–Kier alpha value is -2.15. The molecular formula is C22H28N2O. The average molecular weight is 336 g/mol. The van der Waals surface area contributed by atoms with Crippen LogP contribution in [0.15, 0.2) is 42.6 Å². The van der Waals surface area contributed by atoms with E-state index in [1.807, 2.05) is 24.4 Å². The van der Waals surface area contributed by atoms with Crippen molar-refractivity contribution in [3.8, 4) is 11.8 Å². The van der Waals surface area contributed by atoms with Crippen molar-refractivity contribution in [1.29, 1.82) is 0 Å². The summed E-state index contributed by atoms with van der Waals surface area (Å²) in [6.45, 7) is 8.59. The Bertz CT molecular complexity index is 748. The molecule has 0 fully saturated rings. The van der Waals surface area contributed by atoms with Gasteiger partial charge in [-0.2, -0.15) is 0 Å². The number of rotatable bonds is 5. The Balaban J connectivity index is 1.95. The molecule has 132 valence electrons. The van der Waals surface area contributed by atoms with Crippen LogP contribution in [0.1, 0.15) is 43.2 Å². The van der Waals surface area contributed by atoms with Crippen LogP contribution in [-0.2, 0) is 13.0 Å². The number of hydrogen-bond donors (Lipinski definition) is 1. The number of likely N-dealkylation sites (N-methyl/N-ethyl adjacent to an activating group) is 1. The highest BCUT2D eigenvalue weighted by Crippen LogP contribution is 2.12. The summed E-state index contributed by atoms with van der Waals surface area (Å²) in [6.07, 6.45) is 2.82. The Morgan fingerprint density at radius 3 is 2.48 bits per heavy atom. The third-order valence-corrected chi connectivity index (χ3v) is 4.13. The van der Waals surface area contributed by atoms with E-state index < -0.39 is 5.60 Å². The molecule has 1 N–H and O–H groups in total. The molecule has 1 aromatic carbocycles. The van der Waals surface area contributed by atoms with Crippen molar-refractivity contribution >= 4 is 0 Å². The molecule has 1 aromatic heterocycles.